The van der Waals surface area contributed by atoms with Crippen LogP contribution in [0.3, 0.4) is 0 Å². The second-order valence-electron chi connectivity index (χ2n) is 2.52. The second-order valence-corrected chi connectivity index (χ2v) is 2.52. The molecule has 0 aromatic heterocycles. The molecule has 0 bridgehead atoms. The van der Waals surface area contributed by atoms with Crippen LogP contribution in [0.4, 0.5) is 0 Å². The highest BCUT2D eigenvalue weighted by molar-refractivity contribution is 6.35. The monoisotopic (exact) mass is 184 g/mol. The van der Waals surface area contributed by atoms with E-state index in [4.69, 9.17) is 15.5 Å². The smallest absolute Gasteiger partial charge is 0.353 e. The third-order valence-corrected chi connectivity index (χ3v) is 1.59. The van der Waals surface area contributed by atoms with Gasteiger partial charge in [-0.25, -0.2) is 4.79 Å². The van der Waals surface area contributed by atoms with Crippen LogP contribution in [0.2, 0.25) is 0 Å². The molecule has 0 saturated carbocycles. The third-order valence-electron chi connectivity index (χ3n) is 1.59. The molecule has 1 aliphatic rings. The summed E-state index contributed by atoms with van der Waals surface area (Å²) < 4.78 is 0. The van der Waals surface area contributed by atoms with Gasteiger partial charge in [0.2, 0.25) is 0 Å². The van der Waals surface area contributed by atoms with Crippen molar-refractivity contribution in [3.05, 3.63) is 10.4 Å². The molecule has 0 saturated heterocycles. The van der Waals surface area contributed by atoms with Gasteiger partial charge in [-0.05, 0) is 12.0 Å². The first kappa shape index (κ1) is 9.34. The number of aliphatic carboxylic acids is 1. The molecule has 1 N–H and O–H groups in total. The third kappa shape index (κ3) is 2.64. The minimum Gasteiger partial charge on any atom is -0.477 e. The predicted octanol–water partition coefficient (Wildman–Crippen LogP) is 0.916. The molecule has 7 heteroatoms. The maximum atomic E-state index is 10.4. The Balaban J connectivity index is 2.29. The molecule has 7 nitrogen and oxygen atoms in total. The Bertz CT molecular complexity index is 282. The Hall–Kier alpha value is -1.75. The van der Waals surface area contributed by atoms with Crippen LogP contribution in [0.5, 0.6) is 0 Å². The highest BCUT2D eigenvalue weighted by Gasteiger charge is 2.24. The average Bonchev–Trinajstić information content (AvgIpc) is 2.53. The molecule has 1 rings (SSSR count). The number of hydrogen-bond acceptors (Lipinski definition) is 4. The molecule has 1 heterocycles. The number of oxime groups is 1. The van der Waals surface area contributed by atoms with Gasteiger partial charge in [0, 0.05) is 17.9 Å². The van der Waals surface area contributed by atoms with E-state index >= 15 is 0 Å². The Kier molecular flexibility index (Phi) is 3.10. The summed E-state index contributed by atoms with van der Waals surface area (Å²) in [5.41, 5.74) is 7.99. The molecule has 0 aliphatic carbocycles. The quantitative estimate of drug-likeness (QED) is 0.398. The Morgan fingerprint density at radius 1 is 1.92 bits per heavy atom. The number of azide groups is 1. The summed E-state index contributed by atoms with van der Waals surface area (Å²) in [5, 5.41) is 15.2. The standard InChI is InChI=1S/C6H8N4O3/c7-10-8-2-1-4-3-5(6(11)12)9-13-4/h4H,1-3H2,(H,11,12). The van der Waals surface area contributed by atoms with Crippen molar-refractivity contribution in [1.29, 1.82) is 0 Å². The number of carbonyl (C=O) groups is 1. The lowest BCUT2D eigenvalue weighted by molar-refractivity contribution is -0.129. The predicted molar refractivity (Wildman–Crippen MR) is 43.2 cm³/mol. The summed E-state index contributed by atoms with van der Waals surface area (Å²) in [7, 11) is 0. The Morgan fingerprint density at radius 2 is 2.69 bits per heavy atom. The molecular formula is C6H8N4O3. The van der Waals surface area contributed by atoms with Gasteiger partial charge >= 0.3 is 5.97 Å². The van der Waals surface area contributed by atoms with E-state index in [1.165, 1.54) is 0 Å². The molecule has 0 amide bonds. The normalized spacial score (nSPS) is 20.0. The highest BCUT2D eigenvalue weighted by atomic mass is 16.6. The first-order valence-electron chi connectivity index (χ1n) is 3.71. The summed E-state index contributed by atoms with van der Waals surface area (Å²) in [6.07, 6.45) is 0.497. The number of carboxylic acids is 1. The fourth-order valence-corrected chi connectivity index (χ4v) is 0.956. The van der Waals surface area contributed by atoms with Gasteiger partial charge in [0.1, 0.15) is 6.10 Å². The summed E-state index contributed by atoms with van der Waals surface area (Å²) in [6.45, 7) is 0.295. The average molecular weight is 184 g/mol. The maximum Gasteiger partial charge on any atom is 0.353 e. The van der Waals surface area contributed by atoms with Gasteiger partial charge in [0.05, 0.1) is 0 Å². The fourth-order valence-electron chi connectivity index (χ4n) is 0.956. The van der Waals surface area contributed by atoms with Crippen LogP contribution in [-0.2, 0) is 9.63 Å². The van der Waals surface area contributed by atoms with Gasteiger partial charge in [-0.3, -0.25) is 0 Å². The lowest BCUT2D eigenvalue weighted by atomic mass is 10.1. The van der Waals surface area contributed by atoms with E-state index in [1.54, 1.807) is 0 Å². The molecular weight excluding hydrogens is 176 g/mol. The van der Waals surface area contributed by atoms with E-state index in [0.717, 1.165) is 0 Å². The van der Waals surface area contributed by atoms with E-state index in [9.17, 15) is 4.79 Å². The molecule has 0 fully saturated rings. The fraction of sp³-hybridized carbons (Fsp3) is 0.667. The van der Waals surface area contributed by atoms with Crippen LogP contribution < -0.4 is 0 Å². The summed E-state index contributed by atoms with van der Waals surface area (Å²) >= 11 is 0. The van der Waals surface area contributed by atoms with Crippen molar-refractivity contribution in [1.82, 2.24) is 0 Å². The molecule has 0 aromatic rings. The summed E-state index contributed by atoms with van der Waals surface area (Å²) in [6, 6.07) is 0. The van der Waals surface area contributed by atoms with Gasteiger partial charge in [0.15, 0.2) is 5.71 Å². The van der Waals surface area contributed by atoms with Crippen LogP contribution >= 0.6 is 0 Å². The second kappa shape index (κ2) is 4.32. The van der Waals surface area contributed by atoms with Crippen LogP contribution in [0.15, 0.2) is 10.3 Å². The van der Waals surface area contributed by atoms with Gasteiger partial charge < -0.3 is 9.94 Å². The molecule has 1 atom stereocenters. The molecule has 0 aromatic carbocycles. The van der Waals surface area contributed by atoms with E-state index in [-0.39, 0.29) is 18.2 Å². The van der Waals surface area contributed by atoms with Crippen molar-refractivity contribution in [2.24, 2.45) is 10.3 Å². The van der Waals surface area contributed by atoms with E-state index in [2.05, 4.69) is 15.2 Å². The van der Waals surface area contributed by atoms with Gasteiger partial charge in [-0.2, -0.15) is 0 Å². The number of hydrogen-bond donors (Lipinski definition) is 1. The van der Waals surface area contributed by atoms with Crippen molar-refractivity contribution in [3.8, 4) is 0 Å². The summed E-state index contributed by atoms with van der Waals surface area (Å²) in [4.78, 5) is 17.7. The van der Waals surface area contributed by atoms with Crippen LogP contribution in [0, 0.1) is 0 Å². The number of carboxylic acid groups (broad SMARTS) is 1. The van der Waals surface area contributed by atoms with E-state index in [0.29, 0.717) is 13.0 Å². The van der Waals surface area contributed by atoms with Crippen LogP contribution in [0.25, 0.3) is 10.4 Å². The number of nitrogens with zero attached hydrogens (tertiary/aromatic N) is 4. The zero-order chi connectivity index (χ0) is 9.68. The SMILES string of the molecule is [N-]=[N+]=NCCC1CC(C(=O)O)=NO1. The highest BCUT2D eigenvalue weighted by Crippen LogP contribution is 2.13. The maximum absolute atomic E-state index is 10.4. The molecule has 13 heavy (non-hydrogen) atoms. The van der Waals surface area contributed by atoms with E-state index in [1.807, 2.05) is 0 Å². The topological polar surface area (TPSA) is 108 Å². The van der Waals surface area contributed by atoms with Crippen molar-refractivity contribution >= 4 is 11.7 Å². The molecule has 1 unspecified atom stereocenters. The van der Waals surface area contributed by atoms with Crippen LogP contribution in [-0.4, -0.2) is 29.4 Å². The Morgan fingerprint density at radius 3 is 3.23 bits per heavy atom. The van der Waals surface area contributed by atoms with Crippen molar-refractivity contribution < 1.29 is 14.7 Å². The first-order valence-corrected chi connectivity index (χ1v) is 3.71. The minimum atomic E-state index is -1.06. The molecule has 0 radical (unpaired) electrons. The Labute approximate surface area is 73.6 Å². The summed E-state index contributed by atoms with van der Waals surface area (Å²) in [5.74, 6) is -1.06. The first-order chi connectivity index (χ1) is 6.24. The molecule has 1 aliphatic heterocycles. The van der Waals surface area contributed by atoms with Crippen molar-refractivity contribution in [2.45, 2.75) is 18.9 Å². The lowest BCUT2D eigenvalue weighted by Gasteiger charge is -2.03. The lowest BCUT2D eigenvalue weighted by Crippen LogP contribution is -2.14. The van der Waals surface area contributed by atoms with Gasteiger partial charge in [-0.1, -0.05) is 10.3 Å². The van der Waals surface area contributed by atoms with Crippen LogP contribution in [0.1, 0.15) is 12.8 Å². The molecule has 70 valence electrons. The zero-order valence-electron chi connectivity index (χ0n) is 6.75. The number of rotatable bonds is 4. The van der Waals surface area contributed by atoms with E-state index < -0.39 is 5.97 Å². The van der Waals surface area contributed by atoms with Crippen molar-refractivity contribution in [3.63, 3.8) is 0 Å². The largest absolute Gasteiger partial charge is 0.477 e. The van der Waals surface area contributed by atoms with Gasteiger partial charge in [0.25, 0.3) is 0 Å². The van der Waals surface area contributed by atoms with Gasteiger partial charge in [-0.15, -0.1) is 0 Å². The zero-order valence-corrected chi connectivity index (χ0v) is 6.75. The van der Waals surface area contributed by atoms with Crippen molar-refractivity contribution in [2.75, 3.05) is 6.54 Å². The molecule has 0 spiro atoms. The minimum absolute atomic E-state index is 0.0194.